The number of ether oxygens (including phenoxy) is 1. The predicted octanol–water partition coefficient (Wildman–Crippen LogP) is 4.81. The van der Waals surface area contributed by atoms with Crippen molar-refractivity contribution in [1.82, 2.24) is 9.38 Å². The van der Waals surface area contributed by atoms with Crippen LogP contribution < -0.4 is 10.1 Å². The molecule has 5 nitrogen and oxygen atoms in total. The number of anilines is 1. The smallest absolute Gasteiger partial charge is 0.228 e. The van der Waals surface area contributed by atoms with Crippen LogP contribution in [0.15, 0.2) is 67.0 Å². The summed E-state index contributed by atoms with van der Waals surface area (Å²) < 4.78 is 7.35. The van der Waals surface area contributed by atoms with Crippen LogP contribution in [0.25, 0.3) is 16.9 Å². The van der Waals surface area contributed by atoms with Gasteiger partial charge < -0.3 is 14.5 Å². The summed E-state index contributed by atoms with van der Waals surface area (Å²) in [4.78, 5) is 17.4. The molecule has 0 aliphatic carbocycles. The molecular weight excluding hydrogens is 362 g/mol. The van der Waals surface area contributed by atoms with E-state index in [4.69, 9.17) is 9.72 Å². The van der Waals surface area contributed by atoms with E-state index in [1.165, 1.54) is 5.56 Å². The Bertz CT molecular complexity index is 1190. The number of rotatable bonds is 5. The fourth-order valence-corrected chi connectivity index (χ4v) is 3.36. The SMILES string of the molecule is COc1ccccc1CC(=O)Nc1cc(-c2cn3ccc(C)cc3n2)ccc1C. The zero-order valence-corrected chi connectivity index (χ0v) is 16.8. The van der Waals surface area contributed by atoms with Crippen LogP contribution in [-0.2, 0) is 11.2 Å². The number of carbonyl (C=O) groups excluding carboxylic acids is 1. The zero-order chi connectivity index (χ0) is 20.4. The average molecular weight is 385 g/mol. The Hall–Kier alpha value is -3.60. The van der Waals surface area contributed by atoms with Crippen LogP contribution in [0.4, 0.5) is 5.69 Å². The van der Waals surface area contributed by atoms with Crippen LogP contribution in [-0.4, -0.2) is 22.4 Å². The number of fused-ring (bicyclic) bond motifs is 1. The van der Waals surface area contributed by atoms with Crippen LogP contribution in [0.5, 0.6) is 5.75 Å². The van der Waals surface area contributed by atoms with Gasteiger partial charge in [-0.05, 0) is 49.2 Å². The predicted molar refractivity (Wildman–Crippen MR) is 115 cm³/mol. The Morgan fingerprint density at radius 3 is 2.76 bits per heavy atom. The van der Waals surface area contributed by atoms with Crippen molar-refractivity contribution in [3.63, 3.8) is 0 Å². The first kappa shape index (κ1) is 18.7. The normalized spacial score (nSPS) is 10.9. The quantitative estimate of drug-likeness (QED) is 0.536. The molecule has 0 atom stereocenters. The summed E-state index contributed by atoms with van der Waals surface area (Å²) in [7, 11) is 1.61. The maximum atomic E-state index is 12.6. The second-order valence-electron chi connectivity index (χ2n) is 7.16. The molecule has 0 radical (unpaired) electrons. The van der Waals surface area contributed by atoms with Crippen LogP contribution in [0.2, 0.25) is 0 Å². The fraction of sp³-hybridized carbons (Fsp3) is 0.167. The van der Waals surface area contributed by atoms with E-state index in [9.17, 15) is 4.79 Å². The number of nitrogens with zero attached hydrogens (tertiary/aromatic N) is 2. The number of benzene rings is 2. The van der Waals surface area contributed by atoms with E-state index in [-0.39, 0.29) is 12.3 Å². The molecule has 29 heavy (non-hydrogen) atoms. The molecule has 0 aliphatic heterocycles. The number of methoxy groups -OCH3 is 1. The highest BCUT2D eigenvalue weighted by Gasteiger charge is 2.12. The van der Waals surface area contributed by atoms with Crippen molar-refractivity contribution in [2.75, 3.05) is 12.4 Å². The molecule has 1 N–H and O–H groups in total. The fourth-order valence-electron chi connectivity index (χ4n) is 3.36. The van der Waals surface area contributed by atoms with Gasteiger partial charge in [-0.1, -0.05) is 30.3 Å². The van der Waals surface area contributed by atoms with Crippen LogP contribution in [0, 0.1) is 13.8 Å². The molecule has 5 heteroatoms. The van der Waals surface area contributed by atoms with Crippen molar-refractivity contribution >= 4 is 17.2 Å². The number of pyridine rings is 1. The highest BCUT2D eigenvalue weighted by atomic mass is 16.5. The monoisotopic (exact) mass is 385 g/mol. The summed E-state index contributed by atoms with van der Waals surface area (Å²) in [6.45, 7) is 4.03. The van der Waals surface area contributed by atoms with E-state index in [1.807, 2.05) is 72.2 Å². The second kappa shape index (κ2) is 7.80. The van der Waals surface area contributed by atoms with Gasteiger partial charge in [0.1, 0.15) is 11.4 Å². The van der Waals surface area contributed by atoms with E-state index < -0.39 is 0 Å². The average Bonchev–Trinajstić information content (AvgIpc) is 3.13. The topological polar surface area (TPSA) is 55.6 Å². The number of nitrogens with one attached hydrogen (secondary N) is 1. The van der Waals surface area contributed by atoms with E-state index in [0.717, 1.165) is 33.7 Å². The second-order valence-corrected chi connectivity index (χ2v) is 7.16. The van der Waals surface area contributed by atoms with E-state index in [1.54, 1.807) is 7.11 Å². The van der Waals surface area contributed by atoms with Gasteiger partial charge in [-0.25, -0.2) is 4.98 Å². The molecule has 0 spiro atoms. The van der Waals surface area contributed by atoms with Crippen LogP contribution in [0.3, 0.4) is 0 Å². The summed E-state index contributed by atoms with van der Waals surface area (Å²) in [6, 6.07) is 17.7. The first-order valence-electron chi connectivity index (χ1n) is 9.51. The van der Waals surface area contributed by atoms with Crippen molar-refractivity contribution in [2.24, 2.45) is 0 Å². The number of carbonyl (C=O) groups is 1. The number of amides is 1. The maximum absolute atomic E-state index is 12.6. The van der Waals surface area contributed by atoms with Crippen molar-refractivity contribution < 1.29 is 9.53 Å². The number of aromatic nitrogens is 2. The summed E-state index contributed by atoms with van der Waals surface area (Å²) in [5.74, 6) is 0.633. The van der Waals surface area contributed by atoms with Crippen molar-refractivity contribution in [3.05, 3.63) is 83.7 Å². The third-order valence-corrected chi connectivity index (χ3v) is 4.97. The molecule has 0 bridgehead atoms. The molecule has 2 heterocycles. The zero-order valence-electron chi connectivity index (χ0n) is 16.8. The molecule has 0 unspecified atom stereocenters. The van der Waals surface area contributed by atoms with E-state index in [0.29, 0.717) is 5.75 Å². The minimum absolute atomic E-state index is 0.0830. The van der Waals surface area contributed by atoms with Gasteiger partial charge in [0.05, 0.1) is 19.2 Å². The molecular formula is C24H23N3O2. The van der Waals surface area contributed by atoms with Gasteiger partial charge in [0, 0.05) is 29.2 Å². The summed E-state index contributed by atoms with van der Waals surface area (Å²) in [6.07, 6.45) is 4.26. The van der Waals surface area contributed by atoms with Gasteiger partial charge in [-0.15, -0.1) is 0 Å². The molecule has 4 aromatic rings. The molecule has 0 fully saturated rings. The minimum atomic E-state index is -0.0830. The lowest BCUT2D eigenvalue weighted by atomic mass is 10.1. The van der Waals surface area contributed by atoms with E-state index in [2.05, 4.69) is 18.3 Å². The number of hydrogen-bond donors (Lipinski definition) is 1. The first-order valence-corrected chi connectivity index (χ1v) is 9.51. The number of imidazole rings is 1. The van der Waals surface area contributed by atoms with Gasteiger partial charge in [-0.2, -0.15) is 0 Å². The number of para-hydroxylation sites is 1. The molecule has 146 valence electrons. The molecule has 2 aromatic heterocycles. The van der Waals surface area contributed by atoms with Gasteiger partial charge >= 0.3 is 0 Å². The van der Waals surface area contributed by atoms with Crippen LogP contribution >= 0.6 is 0 Å². The molecule has 0 saturated heterocycles. The van der Waals surface area contributed by atoms with Gasteiger partial charge in [0.2, 0.25) is 5.91 Å². The Balaban J connectivity index is 1.58. The maximum Gasteiger partial charge on any atom is 0.228 e. The van der Waals surface area contributed by atoms with Crippen molar-refractivity contribution in [3.8, 4) is 17.0 Å². The van der Waals surface area contributed by atoms with E-state index >= 15 is 0 Å². The Morgan fingerprint density at radius 2 is 1.93 bits per heavy atom. The van der Waals surface area contributed by atoms with Gasteiger partial charge in [-0.3, -0.25) is 4.79 Å². The highest BCUT2D eigenvalue weighted by Crippen LogP contribution is 2.26. The Kier molecular flexibility index (Phi) is 5.04. The third-order valence-electron chi connectivity index (χ3n) is 4.97. The largest absolute Gasteiger partial charge is 0.496 e. The minimum Gasteiger partial charge on any atom is -0.496 e. The van der Waals surface area contributed by atoms with Crippen molar-refractivity contribution in [2.45, 2.75) is 20.3 Å². The summed E-state index contributed by atoms with van der Waals surface area (Å²) in [5, 5.41) is 3.03. The molecule has 0 aliphatic rings. The third kappa shape index (κ3) is 3.99. The van der Waals surface area contributed by atoms with Crippen LogP contribution in [0.1, 0.15) is 16.7 Å². The first-order chi connectivity index (χ1) is 14.0. The molecule has 1 amide bonds. The summed E-state index contributed by atoms with van der Waals surface area (Å²) in [5.41, 5.74) is 6.56. The standard InChI is InChI=1S/C24H23N3O2/c1-16-10-11-27-15-21(25-23(27)12-16)18-9-8-17(2)20(13-18)26-24(28)14-19-6-4-5-7-22(19)29-3/h4-13,15H,14H2,1-3H3,(H,26,28). The highest BCUT2D eigenvalue weighted by molar-refractivity contribution is 5.94. The Morgan fingerprint density at radius 1 is 1.10 bits per heavy atom. The number of aryl methyl sites for hydroxylation is 2. The van der Waals surface area contributed by atoms with Crippen molar-refractivity contribution in [1.29, 1.82) is 0 Å². The lowest BCUT2D eigenvalue weighted by Gasteiger charge is -2.11. The molecule has 2 aromatic carbocycles. The molecule has 4 rings (SSSR count). The molecule has 0 saturated carbocycles. The van der Waals surface area contributed by atoms with Gasteiger partial charge in [0.15, 0.2) is 0 Å². The van der Waals surface area contributed by atoms with Gasteiger partial charge in [0.25, 0.3) is 0 Å². The Labute approximate surface area is 170 Å². The lowest BCUT2D eigenvalue weighted by Crippen LogP contribution is -2.15. The summed E-state index contributed by atoms with van der Waals surface area (Å²) >= 11 is 0. The number of hydrogen-bond acceptors (Lipinski definition) is 3. The lowest BCUT2D eigenvalue weighted by molar-refractivity contribution is -0.115.